The number of nitrogens with zero attached hydrogens (tertiary/aromatic N) is 2. The zero-order chi connectivity index (χ0) is 11.7. The predicted molar refractivity (Wildman–Crippen MR) is 62.9 cm³/mol. The van der Waals surface area contributed by atoms with E-state index in [1.807, 2.05) is 7.05 Å². The van der Waals surface area contributed by atoms with Crippen LogP contribution in [0.4, 0.5) is 5.69 Å². The molecule has 0 aliphatic heterocycles. The van der Waals surface area contributed by atoms with Crippen molar-refractivity contribution in [1.29, 1.82) is 0 Å². The molecule has 1 fully saturated rings. The molecule has 0 bridgehead atoms. The minimum absolute atomic E-state index is 0.0859. The summed E-state index contributed by atoms with van der Waals surface area (Å²) >= 11 is 0. The number of pyridine rings is 1. The Morgan fingerprint density at radius 1 is 1.69 bits per heavy atom. The molecule has 0 spiro atoms. The Kier molecular flexibility index (Phi) is 2.81. The maximum Gasteiger partial charge on any atom is 0.274 e. The zero-order valence-corrected chi connectivity index (χ0v) is 9.68. The first-order valence-corrected chi connectivity index (χ1v) is 5.55. The van der Waals surface area contributed by atoms with E-state index in [0.29, 0.717) is 17.3 Å². The van der Waals surface area contributed by atoms with Gasteiger partial charge in [0, 0.05) is 19.8 Å². The SMILES string of the molecule is CC1CC1CN(C)C(=O)c1ncccc1N. The molecule has 1 saturated carbocycles. The van der Waals surface area contributed by atoms with E-state index in [-0.39, 0.29) is 5.91 Å². The molecule has 1 aromatic heterocycles. The molecule has 4 heteroatoms. The van der Waals surface area contributed by atoms with Gasteiger partial charge < -0.3 is 10.6 Å². The van der Waals surface area contributed by atoms with E-state index in [9.17, 15) is 4.79 Å². The van der Waals surface area contributed by atoms with E-state index < -0.39 is 0 Å². The third kappa shape index (κ3) is 2.15. The van der Waals surface area contributed by atoms with Crippen molar-refractivity contribution in [3.63, 3.8) is 0 Å². The average molecular weight is 219 g/mol. The lowest BCUT2D eigenvalue weighted by Gasteiger charge is -2.17. The number of hydrogen-bond donors (Lipinski definition) is 1. The highest BCUT2D eigenvalue weighted by molar-refractivity contribution is 5.96. The van der Waals surface area contributed by atoms with Crippen molar-refractivity contribution in [3.8, 4) is 0 Å². The largest absolute Gasteiger partial charge is 0.397 e. The van der Waals surface area contributed by atoms with Gasteiger partial charge >= 0.3 is 0 Å². The second-order valence-electron chi connectivity index (χ2n) is 4.60. The lowest BCUT2D eigenvalue weighted by molar-refractivity contribution is 0.0782. The lowest BCUT2D eigenvalue weighted by Crippen LogP contribution is -2.30. The van der Waals surface area contributed by atoms with Crippen molar-refractivity contribution in [3.05, 3.63) is 24.0 Å². The molecule has 1 aromatic rings. The van der Waals surface area contributed by atoms with E-state index in [1.165, 1.54) is 6.42 Å². The fourth-order valence-corrected chi connectivity index (χ4v) is 1.87. The molecular formula is C12H17N3O. The van der Waals surface area contributed by atoms with Gasteiger partial charge in [-0.2, -0.15) is 0 Å². The average Bonchev–Trinajstić information content (AvgIpc) is 2.94. The minimum atomic E-state index is -0.0859. The summed E-state index contributed by atoms with van der Waals surface area (Å²) in [5.41, 5.74) is 6.53. The summed E-state index contributed by atoms with van der Waals surface area (Å²) < 4.78 is 0. The van der Waals surface area contributed by atoms with Gasteiger partial charge in [-0.25, -0.2) is 4.98 Å². The molecule has 2 atom stereocenters. The molecule has 0 saturated heterocycles. The number of aromatic nitrogens is 1. The number of carbonyl (C=O) groups excluding carboxylic acids is 1. The number of amides is 1. The summed E-state index contributed by atoms with van der Waals surface area (Å²) in [5, 5.41) is 0. The number of carbonyl (C=O) groups is 1. The van der Waals surface area contributed by atoms with E-state index >= 15 is 0 Å². The molecular weight excluding hydrogens is 202 g/mol. The molecule has 0 aromatic carbocycles. The number of rotatable bonds is 3. The van der Waals surface area contributed by atoms with Gasteiger partial charge in [-0.05, 0) is 30.4 Å². The molecule has 1 amide bonds. The van der Waals surface area contributed by atoms with Crippen molar-refractivity contribution in [2.45, 2.75) is 13.3 Å². The first kappa shape index (κ1) is 10.9. The van der Waals surface area contributed by atoms with Crippen molar-refractivity contribution >= 4 is 11.6 Å². The molecule has 1 heterocycles. The topological polar surface area (TPSA) is 59.2 Å². The Morgan fingerprint density at radius 2 is 2.38 bits per heavy atom. The first-order valence-electron chi connectivity index (χ1n) is 5.55. The molecule has 16 heavy (non-hydrogen) atoms. The van der Waals surface area contributed by atoms with Crippen LogP contribution in [-0.2, 0) is 0 Å². The number of anilines is 1. The highest BCUT2D eigenvalue weighted by atomic mass is 16.2. The maximum absolute atomic E-state index is 12.0. The number of nitrogens with two attached hydrogens (primary N) is 1. The maximum atomic E-state index is 12.0. The Bertz CT molecular complexity index is 405. The van der Waals surface area contributed by atoms with Gasteiger partial charge in [-0.1, -0.05) is 6.92 Å². The Balaban J connectivity index is 2.04. The number of hydrogen-bond acceptors (Lipinski definition) is 3. The van der Waals surface area contributed by atoms with Crippen LogP contribution in [-0.4, -0.2) is 29.4 Å². The van der Waals surface area contributed by atoms with E-state index in [4.69, 9.17) is 5.73 Å². The van der Waals surface area contributed by atoms with Gasteiger partial charge in [0.2, 0.25) is 0 Å². The quantitative estimate of drug-likeness (QED) is 0.835. The van der Waals surface area contributed by atoms with Crippen LogP contribution in [0, 0.1) is 11.8 Å². The molecule has 86 valence electrons. The van der Waals surface area contributed by atoms with Crippen molar-refractivity contribution in [2.75, 3.05) is 19.3 Å². The van der Waals surface area contributed by atoms with Crippen molar-refractivity contribution in [2.24, 2.45) is 11.8 Å². The molecule has 1 aliphatic carbocycles. The van der Waals surface area contributed by atoms with Crippen LogP contribution >= 0.6 is 0 Å². The summed E-state index contributed by atoms with van der Waals surface area (Å²) in [6.07, 6.45) is 2.81. The Labute approximate surface area is 95.5 Å². The smallest absolute Gasteiger partial charge is 0.274 e. The van der Waals surface area contributed by atoms with Gasteiger partial charge in [-0.15, -0.1) is 0 Å². The van der Waals surface area contributed by atoms with Crippen LogP contribution < -0.4 is 5.73 Å². The third-order valence-corrected chi connectivity index (χ3v) is 3.17. The van der Waals surface area contributed by atoms with Gasteiger partial charge in [-0.3, -0.25) is 4.79 Å². The van der Waals surface area contributed by atoms with Crippen LogP contribution in [0.1, 0.15) is 23.8 Å². The van der Waals surface area contributed by atoms with Crippen LogP contribution in [0.5, 0.6) is 0 Å². The predicted octanol–water partition coefficient (Wildman–Crippen LogP) is 1.39. The van der Waals surface area contributed by atoms with Gasteiger partial charge in [0.1, 0.15) is 0 Å². The molecule has 1 aliphatic rings. The van der Waals surface area contributed by atoms with E-state index in [2.05, 4.69) is 11.9 Å². The third-order valence-electron chi connectivity index (χ3n) is 3.17. The minimum Gasteiger partial charge on any atom is -0.397 e. The van der Waals surface area contributed by atoms with E-state index in [1.54, 1.807) is 23.2 Å². The lowest BCUT2D eigenvalue weighted by atomic mass is 10.2. The van der Waals surface area contributed by atoms with Crippen LogP contribution in [0.25, 0.3) is 0 Å². The second kappa shape index (κ2) is 4.12. The standard InChI is InChI=1S/C12H17N3O/c1-8-6-9(8)7-15(2)12(16)11-10(13)4-3-5-14-11/h3-5,8-9H,6-7,13H2,1-2H3. The molecule has 2 N–H and O–H groups in total. The fraction of sp³-hybridized carbons (Fsp3) is 0.500. The van der Waals surface area contributed by atoms with Crippen molar-refractivity contribution in [1.82, 2.24) is 9.88 Å². The molecule has 2 rings (SSSR count). The Hall–Kier alpha value is -1.58. The molecule has 4 nitrogen and oxygen atoms in total. The normalized spacial score (nSPS) is 22.9. The summed E-state index contributed by atoms with van der Waals surface area (Å²) in [7, 11) is 1.81. The highest BCUT2D eigenvalue weighted by Gasteiger charge is 2.34. The monoisotopic (exact) mass is 219 g/mol. The van der Waals surface area contributed by atoms with Crippen molar-refractivity contribution < 1.29 is 4.79 Å². The Morgan fingerprint density at radius 3 is 2.94 bits per heavy atom. The number of nitrogen functional groups attached to an aromatic ring is 1. The van der Waals surface area contributed by atoms with Gasteiger partial charge in [0.05, 0.1) is 5.69 Å². The summed E-state index contributed by atoms with van der Waals surface area (Å²) in [6, 6.07) is 3.43. The zero-order valence-electron chi connectivity index (χ0n) is 9.68. The van der Waals surface area contributed by atoms with E-state index in [0.717, 1.165) is 12.5 Å². The summed E-state index contributed by atoms with van der Waals surface area (Å²) in [4.78, 5) is 17.8. The second-order valence-corrected chi connectivity index (χ2v) is 4.60. The first-order chi connectivity index (χ1) is 7.59. The van der Waals surface area contributed by atoms with Crippen LogP contribution in [0.2, 0.25) is 0 Å². The fourth-order valence-electron chi connectivity index (χ4n) is 1.87. The summed E-state index contributed by atoms with van der Waals surface area (Å²) in [5.74, 6) is 1.31. The molecule has 0 radical (unpaired) electrons. The van der Waals surface area contributed by atoms with Gasteiger partial charge in [0.25, 0.3) is 5.91 Å². The van der Waals surface area contributed by atoms with Crippen LogP contribution in [0.15, 0.2) is 18.3 Å². The summed E-state index contributed by atoms with van der Waals surface area (Å²) in [6.45, 7) is 3.01. The molecule has 2 unspecified atom stereocenters. The van der Waals surface area contributed by atoms with Gasteiger partial charge in [0.15, 0.2) is 5.69 Å². The van der Waals surface area contributed by atoms with Crippen LogP contribution in [0.3, 0.4) is 0 Å². The highest BCUT2D eigenvalue weighted by Crippen LogP contribution is 2.38.